The standard InChI is InChI=1S/C21H30N4O4S/c1-24(15-5-3-14(13-26)4-6-15)21(27)23-20-22-18-17(28-2)8-7-16(19(18)30-20)25-9-11-29-12-10-25/h7-8,14-15,26H,3-6,9-13H2,1-2H3,(H,22,23,27)/t14-,15-. The molecular formula is C21H30N4O4S. The lowest BCUT2D eigenvalue weighted by Crippen LogP contribution is -2.42. The van der Waals surface area contributed by atoms with E-state index in [0.29, 0.717) is 30.0 Å². The van der Waals surface area contributed by atoms with Crippen LogP contribution in [0.15, 0.2) is 12.1 Å². The number of carbonyl (C=O) groups is 1. The Kier molecular flexibility index (Phi) is 6.60. The zero-order chi connectivity index (χ0) is 21.1. The summed E-state index contributed by atoms with van der Waals surface area (Å²) in [6.07, 6.45) is 3.76. The summed E-state index contributed by atoms with van der Waals surface area (Å²) >= 11 is 1.48. The van der Waals surface area contributed by atoms with Crippen LogP contribution in [0.3, 0.4) is 0 Å². The zero-order valence-corrected chi connectivity index (χ0v) is 18.4. The van der Waals surface area contributed by atoms with Gasteiger partial charge in [0.25, 0.3) is 0 Å². The van der Waals surface area contributed by atoms with Gasteiger partial charge >= 0.3 is 6.03 Å². The summed E-state index contributed by atoms with van der Waals surface area (Å²) in [7, 11) is 3.48. The summed E-state index contributed by atoms with van der Waals surface area (Å²) < 4.78 is 12.0. The van der Waals surface area contributed by atoms with Crippen LogP contribution in [-0.4, -0.2) is 74.1 Å². The average Bonchev–Trinajstić information content (AvgIpc) is 3.22. The Morgan fingerprint density at radius 1 is 1.33 bits per heavy atom. The predicted molar refractivity (Wildman–Crippen MR) is 119 cm³/mol. The molecule has 2 aliphatic rings. The third-order valence-corrected chi connectivity index (χ3v) is 7.21. The molecule has 0 radical (unpaired) electrons. The Morgan fingerprint density at radius 3 is 2.73 bits per heavy atom. The number of methoxy groups -OCH3 is 1. The van der Waals surface area contributed by atoms with E-state index < -0.39 is 0 Å². The largest absolute Gasteiger partial charge is 0.494 e. The molecule has 1 aliphatic carbocycles. The van der Waals surface area contributed by atoms with Gasteiger partial charge in [0.2, 0.25) is 0 Å². The zero-order valence-electron chi connectivity index (χ0n) is 17.6. The van der Waals surface area contributed by atoms with Gasteiger partial charge in [0, 0.05) is 32.8 Å². The van der Waals surface area contributed by atoms with Gasteiger partial charge in [-0.05, 0) is 43.7 Å². The Hall–Kier alpha value is -2.10. The summed E-state index contributed by atoms with van der Waals surface area (Å²) in [4.78, 5) is 21.6. The predicted octanol–water partition coefficient (Wildman–Crippen LogP) is 3.16. The molecule has 4 rings (SSSR count). The molecule has 1 saturated heterocycles. The van der Waals surface area contributed by atoms with E-state index in [1.165, 1.54) is 11.3 Å². The van der Waals surface area contributed by atoms with Crippen molar-refractivity contribution in [2.75, 3.05) is 57.3 Å². The molecular weight excluding hydrogens is 404 g/mol. The first kappa shape index (κ1) is 21.1. The molecule has 2 amide bonds. The van der Waals surface area contributed by atoms with Crippen molar-refractivity contribution in [1.29, 1.82) is 0 Å². The molecule has 164 valence electrons. The van der Waals surface area contributed by atoms with E-state index in [-0.39, 0.29) is 18.7 Å². The maximum Gasteiger partial charge on any atom is 0.323 e. The molecule has 2 heterocycles. The number of anilines is 2. The van der Waals surface area contributed by atoms with E-state index in [1.54, 1.807) is 12.0 Å². The molecule has 2 N–H and O–H groups in total. The van der Waals surface area contributed by atoms with Crippen LogP contribution in [0.25, 0.3) is 10.2 Å². The molecule has 8 nitrogen and oxygen atoms in total. The van der Waals surface area contributed by atoms with E-state index in [9.17, 15) is 9.90 Å². The third-order valence-electron chi connectivity index (χ3n) is 6.21. The lowest BCUT2D eigenvalue weighted by Gasteiger charge is -2.33. The van der Waals surface area contributed by atoms with Gasteiger partial charge < -0.3 is 24.4 Å². The van der Waals surface area contributed by atoms with Gasteiger partial charge in [0.05, 0.1) is 30.7 Å². The van der Waals surface area contributed by atoms with Crippen molar-refractivity contribution in [3.05, 3.63) is 12.1 Å². The summed E-state index contributed by atoms with van der Waals surface area (Å²) in [5, 5.41) is 12.9. The lowest BCUT2D eigenvalue weighted by atomic mass is 9.86. The Bertz CT molecular complexity index is 875. The highest BCUT2D eigenvalue weighted by molar-refractivity contribution is 7.23. The molecule has 1 aromatic heterocycles. The molecule has 2 aromatic rings. The minimum atomic E-state index is -0.145. The fourth-order valence-corrected chi connectivity index (χ4v) is 5.31. The van der Waals surface area contributed by atoms with Crippen LogP contribution in [0, 0.1) is 5.92 Å². The van der Waals surface area contributed by atoms with Gasteiger partial charge in [-0.25, -0.2) is 9.78 Å². The van der Waals surface area contributed by atoms with E-state index in [2.05, 4.69) is 21.3 Å². The molecule has 0 bridgehead atoms. The highest BCUT2D eigenvalue weighted by atomic mass is 32.1. The number of thiazole rings is 1. The van der Waals surface area contributed by atoms with Crippen molar-refractivity contribution in [2.45, 2.75) is 31.7 Å². The van der Waals surface area contributed by atoms with Gasteiger partial charge in [-0.1, -0.05) is 11.3 Å². The van der Waals surface area contributed by atoms with Crippen molar-refractivity contribution in [3.63, 3.8) is 0 Å². The minimum absolute atomic E-state index is 0.145. The first-order valence-electron chi connectivity index (χ1n) is 10.6. The van der Waals surface area contributed by atoms with E-state index in [1.807, 2.05) is 13.1 Å². The van der Waals surface area contributed by atoms with Gasteiger partial charge in [-0.2, -0.15) is 0 Å². The Morgan fingerprint density at radius 2 is 2.07 bits per heavy atom. The Balaban J connectivity index is 1.52. The van der Waals surface area contributed by atoms with Gasteiger partial charge in [0.15, 0.2) is 5.13 Å². The average molecular weight is 435 g/mol. The fraction of sp³-hybridized carbons (Fsp3) is 0.619. The van der Waals surface area contributed by atoms with Crippen molar-refractivity contribution in [1.82, 2.24) is 9.88 Å². The lowest BCUT2D eigenvalue weighted by molar-refractivity contribution is 0.123. The highest BCUT2D eigenvalue weighted by Gasteiger charge is 2.27. The van der Waals surface area contributed by atoms with Crippen molar-refractivity contribution < 1.29 is 19.4 Å². The number of morpholine rings is 1. The number of nitrogens with zero attached hydrogens (tertiary/aromatic N) is 3. The number of aliphatic hydroxyl groups excluding tert-OH is 1. The summed E-state index contributed by atoms with van der Waals surface area (Å²) in [5.41, 5.74) is 1.87. The number of rotatable bonds is 5. The first-order chi connectivity index (χ1) is 14.6. The number of ether oxygens (including phenoxy) is 2. The number of urea groups is 1. The van der Waals surface area contributed by atoms with Crippen LogP contribution in [0.5, 0.6) is 5.75 Å². The van der Waals surface area contributed by atoms with Crippen LogP contribution >= 0.6 is 11.3 Å². The molecule has 30 heavy (non-hydrogen) atoms. The second-order valence-corrected chi connectivity index (χ2v) is 8.98. The molecule has 0 spiro atoms. The normalized spacial score (nSPS) is 22.2. The third kappa shape index (κ3) is 4.33. The SMILES string of the molecule is COc1ccc(N2CCOCC2)c2sc(NC(=O)N(C)[C@H]3CC[C@H](CO)CC3)nc12. The molecule has 0 unspecified atom stereocenters. The van der Waals surface area contributed by atoms with Crippen LogP contribution in [-0.2, 0) is 4.74 Å². The smallest absolute Gasteiger partial charge is 0.323 e. The molecule has 2 fully saturated rings. The maximum absolute atomic E-state index is 12.9. The molecule has 1 saturated carbocycles. The summed E-state index contributed by atoms with van der Waals surface area (Å²) in [5.74, 6) is 1.07. The van der Waals surface area contributed by atoms with E-state index >= 15 is 0 Å². The summed E-state index contributed by atoms with van der Waals surface area (Å²) in [6, 6.07) is 4.04. The molecule has 1 aliphatic heterocycles. The number of aromatic nitrogens is 1. The highest BCUT2D eigenvalue weighted by Crippen LogP contribution is 2.39. The van der Waals surface area contributed by atoms with Gasteiger partial charge in [-0.15, -0.1) is 0 Å². The maximum atomic E-state index is 12.9. The van der Waals surface area contributed by atoms with Crippen LogP contribution < -0.4 is 15.0 Å². The van der Waals surface area contributed by atoms with Crippen molar-refractivity contribution >= 4 is 38.4 Å². The molecule has 9 heteroatoms. The van der Waals surface area contributed by atoms with Crippen molar-refractivity contribution in [2.24, 2.45) is 5.92 Å². The quantitative estimate of drug-likeness (QED) is 0.752. The number of amides is 2. The number of hydrogen-bond donors (Lipinski definition) is 2. The number of fused-ring (bicyclic) bond motifs is 1. The number of benzene rings is 1. The first-order valence-corrected chi connectivity index (χ1v) is 11.4. The second-order valence-electron chi connectivity index (χ2n) is 7.98. The van der Waals surface area contributed by atoms with E-state index in [0.717, 1.165) is 54.7 Å². The monoisotopic (exact) mass is 434 g/mol. The number of hydrogen-bond acceptors (Lipinski definition) is 7. The van der Waals surface area contributed by atoms with Gasteiger partial charge in [0.1, 0.15) is 11.3 Å². The van der Waals surface area contributed by atoms with Crippen LogP contribution in [0.1, 0.15) is 25.7 Å². The van der Waals surface area contributed by atoms with Gasteiger partial charge in [-0.3, -0.25) is 5.32 Å². The number of aliphatic hydroxyl groups is 1. The fourth-order valence-electron chi connectivity index (χ4n) is 4.30. The van der Waals surface area contributed by atoms with E-state index in [4.69, 9.17) is 9.47 Å². The second kappa shape index (κ2) is 9.36. The Labute approximate surface area is 180 Å². The van der Waals surface area contributed by atoms with Crippen LogP contribution in [0.2, 0.25) is 0 Å². The topological polar surface area (TPSA) is 87.2 Å². The van der Waals surface area contributed by atoms with Crippen LogP contribution in [0.4, 0.5) is 15.6 Å². The molecule has 0 atom stereocenters. The molecule has 1 aromatic carbocycles. The van der Waals surface area contributed by atoms with Crippen molar-refractivity contribution in [3.8, 4) is 5.75 Å². The number of nitrogens with one attached hydrogen (secondary N) is 1. The summed E-state index contributed by atoms with van der Waals surface area (Å²) in [6.45, 7) is 3.32. The minimum Gasteiger partial charge on any atom is -0.494 e. The number of carbonyl (C=O) groups excluding carboxylic acids is 1.